The number of fused-ring (bicyclic) bond motifs is 1. The number of carbonyl (C=O) groups is 1. The van der Waals surface area contributed by atoms with E-state index in [9.17, 15) is 4.79 Å². The third-order valence-corrected chi connectivity index (χ3v) is 4.51. The fraction of sp³-hybridized carbons (Fsp3) is 0.353. The van der Waals surface area contributed by atoms with Crippen LogP contribution >= 0.6 is 11.3 Å². The van der Waals surface area contributed by atoms with Gasteiger partial charge in [0.15, 0.2) is 17.6 Å². The fourth-order valence-electron chi connectivity index (χ4n) is 2.39. The summed E-state index contributed by atoms with van der Waals surface area (Å²) in [5.74, 6) is 1.48. The maximum absolute atomic E-state index is 12.3. The van der Waals surface area contributed by atoms with Crippen LogP contribution < -0.4 is 14.8 Å². The second kappa shape index (κ2) is 7.37. The van der Waals surface area contributed by atoms with Crippen molar-refractivity contribution in [2.45, 2.75) is 19.6 Å². The van der Waals surface area contributed by atoms with E-state index in [0.29, 0.717) is 26.2 Å². The first-order valence-corrected chi connectivity index (χ1v) is 8.58. The van der Waals surface area contributed by atoms with Crippen molar-refractivity contribution in [2.75, 3.05) is 19.7 Å². The van der Waals surface area contributed by atoms with E-state index in [4.69, 9.17) is 9.47 Å². The highest BCUT2D eigenvalue weighted by Crippen LogP contribution is 2.30. The van der Waals surface area contributed by atoms with E-state index in [1.165, 1.54) is 4.88 Å². The molecule has 0 fully saturated rings. The van der Waals surface area contributed by atoms with Gasteiger partial charge in [0.1, 0.15) is 6.61 Å². The van der Waals surface area contributed by atoms with Crippen LogP contribution in [0.4, 0.5) is 4.79 Å². The molecule has 1 aromatic heterocycles. The predicted molar refractivity (Wildman–Crippen MR) is 90.2 cm³/mol. The van der Waals surface area contributed by atoms with Crippen molar-refractivity contribution in [3.8, 4) is 11.5 Å². The molecule has 1 atom stereocenters. The molecule has 0 spiro atoms. The average molecular weight is 332 g/mol. The SMILES string of the molecule is CCN(Cc1cccs1)C(=O)NCC1COc2ccccc2O1. The number of ether oxygens (including phenoxy) is 2. The molecule has 5 nitrogen and oxygen atoms in total. The minimum atomic E-state index is -0.172. The molecule has 2 aromatic rings. The molecule has 1 aliphatic heterocycles. The number of nitrogens with one attached hydrogen (secondary N) is 1. The maximum Gasteiger partial charge on any atom is 0.317 e. The van der Waals surface area contributed by atoms with Gasteiger partial charge < -0.3 is 19.7 Å². The molecule has 0 saturated carbocycles. The molecule has 0 saturated heterocycles. The molecule has 2 heterocycles. The summed E-state index contributed by atoms with van der Waals surface area (Å²) in [4.78, 5) is 15.3. The molecule has 6 heteroatoms. The van der Waals surface area contributed by atoms with E-state index in [2.05, 4.69) is 5.32 Å². The van der Waals surface area contributed by atoms with Gasteiger partial charge in [-0.15, -0.1) is 11.3 Å². The van der Waals surface area contributed by atoms with Gasteiger partial charge in [0.25, 0.3) is 0 Å². The fourth-order valence-corrected chi connectivity index (χ4v) is 3.11. The number of thiophene rings is 1. The van der Waals surface area contributed by atoms with Crippen molar-refractivity contribution in [2.24, 2.45) is 0 Å². The quantitative estimate of drug-likeness (QED) is 0.915. The smallest absolute Gasteiger partial charge is 0.317 e. The van der Waals surface area contributed by atoms with Crippen LogP contribution in [0.5, 0.6) is 11.5 Å². The normalized spacial score (nSPS) is 16.0. The second-order valence-electron chi connectivity index (χ2n) is 5.28. The molecule has 0 radical (unpaired) electrons. The molecule has 1 N–H and O–H groups in total. The Hall–Kier alpha value is -2.21. The van der Waals surface area contributed by atoms with Crippen molar-refractivity contribution in [1.82, 2.24) is 10.2 Å². The van der Waals surface area contributed by atoms with E-state index in [-0.39, 0.29) is 12.1 Å². The molecule has 0 aliphatic carbocycles. The van der Waals surface area contributed by atoms with Gasteiger partial charge in [0.05, 0.1) is 13.1 Å². The zero-order valence-corrected chi connectivity index (χ0v) is 13.8. The third kappa shape index (κ3) is 3.96. The zero-order valence-electron chi connectivity index (χ0n) is 13.0. The van der Waals surface area contributed by atoms with Gasteiger partial charge in [-0.3, -0.25) is 0 Å². The molecular formula is C17H20N2O3S. The van der Waals surface area contributed by atoms with Crippen molar-refractivity contribution in [1.29, 1.82) is 0 Å². The van der Waals surface area contributed by atoms with Gasteiger partial charge in [-0.1, -0.05) is 18.2 Å². The van der Waals surface area contributed by atoms with Crippen molar-refractivity contribution < 1.29 is 14.3 Å². The number of hydrogen-bond donors (Lipinski definition) is 1. The largest absolute Gasteiger partial charge is 0.486 e. The van der Waals surface area contributed by atoms with Crippen LogP contribution in [0.25, 0.3) is 0 Å². The average Bonchev–Trinajstić information content (AvgIpc) is 3.10. The highest BCUT2D eigenvalue weighted by atomic mass is 32.1. The van der Waals surface area contributed by atoms with E-state index in [1.54, 1.807) is 16.2 Å². The summed E-state index contributed by atoms with van der Waals surface area (Å²) in [6.07, 6.45) is -0.172. The molecule has 1 aromatic carbocycles. The number of rotatable bonds is 5. The van der Waals surface area contributed by atoms with Gasteiger partial charge in [-0.05, 0) is 30.5 Å². The van der Waals surface area contributed by atoms with E-state index < -0.39 is 0 Å². The maximum atomic E-state index is 12.3. The lowest BCUT2D eigenvalue weighted by Gasteiger charge is -2.28. The van der Waals surface area contributed by atoms with Crippen LogP contribution in [0.2, 0.25) is 0 Å². The molecule has 3 rings (SSSR count). The minimum Gasteiger partial charge on any atom is -0.486 e. The van der Waals surface area contributed by atoms with Crippen LogP contribution in [0.15, 0.2) is 41.8 Å². The minimum absolute atomic E-state index is 0.0802. The predicted octanol–water partition coefficient (Wildman–Crippen LogP) is 3.12. The number of carbonyl (C=O) groups excluding carboxylic acids is 1. The molecule has 0 bridgehead atoms. The lowest BCUT2D eigenvalue weighted by atomic mass is 10.2. The Labute approximate surface area is 139 Å². The van der Waals surface area contributed by atoms with Crippen LogP contribution in [-0.4, -0.2) is 36.7 Å². The first-order valence-electron chi connectivity index (χ1n) is 7.70. The summed E-state index contributed by atoms with van der Waals surface area (Å²) in [7, 11) is 0. The Morgan fingerprint density at radius 3 is 2.87 bits per heavy atom. The summed E-state index contributed by atoms with van der Waals surface area (Å²) < 4.78 is 11.5. The lowest BCUT2D eigenvalue weighted by molar-refractivity contribution is 0.0901. The van der Waals surface area contributed by atoms with Gasteiger partial charge >= 0.3 is 6.03 Å². The number of urea groups is 1. The van der Waals surface area contributed by atoms with Gasteiger partial charge in [0.2, 0.25) is 0 Å². The number of nitrogens with zero attached hydrogens (tertiary/aromatic N) is 1. The standard InChI is InChI=1S/C17H20N2O3S/c1-2-19(11-14-6-5-9-23-14)17(20)18-10-13-12-21-15-7-3-4-8-16(15)22-13/h3-9,13H,2,10-12H2,1H3,(H,18,20). The van der Waals surface area contributed by atoms with E-state index in [0.717, 1.165) is 11.5 Å². The molecule has 1 unspecified atom stereocenters. The molecule has 1 aliphatic rings. The number of amides is 2. The summed E-state index contributed by atoms with van der Waals surface area (Å²) >= 11 is 1.66. The first kappa shape index (κ1) is 15.7. The molecule has 2 amide bonds. The monoisotopic (exact) mass is 332 g/mol. The zero-order chi connectivity index (χ0) is 16.1. The van der Waals surface area contributed by atoms with Crippen molar-refractivity contribution >= 4 is 17.4 Å². The highest BCUT2D eigenvalue weighted by Gasteiger charge is 2.22. The second-order valence-corrected chi connectivity index (χ2v) is 6.31. The van der Waals surface area contributed by atoms with Gasteiger partial charge in [-0.25, -0.2) is 4.79 Å². The Kier molecular flexibility index (Phi) is 5.02. The molecule has 122 valence electrons. The lowest BCUT2D eigenvalue weighted by Crippen LogP contribution is -2.45. The van der Waals surface area contributed by atoms with Gasteiger partial charge in [0, 0.05) is 11.4 Å². The summed E-state index contributed by atoms with van der Waals surface area (Å²) in [5.41, 5.74) is 0. The van der Waals surface area contributed by atoms with Crippen molar-refractivity contribution in [3.63, 3.8) is 0 Å². The van der Waals surface area contributed by atoms with Crippen LogP contribution in [0.1, 0.15) is 11.8 Å². The number of hydrogen-bond acceptors (Lipinski definition) is 4. The topological polar surface area (TPSA) is 50.8 Å². The summed E-state index contributed by atoms with van der Waals surface area (Å²) in [6.45, 7) is 4.13. The first-order chi connectivity index (χ1) is 11.3. The van der Waals surface area contributed by atoms with E-state index in [1.807, 2.05) is 48.7 Å². The summed E-state index contributed by atoms with van der Waals surface area (Å²) in [6, 6.07) is 11.5. The van der Waals surface area contributed by atoms with Crippen LogP contribution in [-0.2, 0) is 6.54 Å². The molecular weight excluding hydrogens is 312 g/mol. The highest BCUT2D eigenvalue weighted by molar-refractivity contribution is 7.09. The summed E-state index contributed by atoms with van der Waals surface area (Å²) in [5, 5.41) is 4.95. The Morgan fingerprint density at radius 2 is 2.13 bits per heavy atom. The van der Waals surface area contributed by atoms with Gasteiger partial charge in [-0.2, -0.15) is 0 Å². The third-order valence-electron chi connectivity index (χ3n) is 3.64. The Balaban J connectivity index is 1.50. The number of para-hydroxylation sites is 2. The van der Waals surface area contributed by atoms with E-state index >= 15 is 0 Å². The van der Waals surface area contributed by atoms with Crippen molar-refractivity contribution in [3.05, 3.63) is 46.7 Å². The Morgan fingerprint density at radius 1 is 1.30 bits per heavy atom. The van der Waals surface area contributed by atoms with Crippen LogP contribution in [0, 0.1) is 0 Å². The number of benzene rings is 1. The van der Waals surface area contributed by atoms with Crippen LogP contribution in [0.3, 0.4) is 0 Å². The Bertz CT molecular complexity index is 645. The molecule has 23 heavy (non-hydrogen) atoms.